The van der Waals surface area contributed by atoms with E-state index in [0.717, 1.165) is 31.6 Å². The van der Waals surface area contributed by atoms with E-state index >= 15 is 0 Å². The second kappa shape index (κ2) is 6.08. The number of hydrogen-bond acceptors (Lipinski definition) is 3. The molecule has 1 atom stereocenters. The largest absolute Gasteiger partial charge is 0.381 e. The molecule has 96 valence electrons. The number of nitrogens with zero attached hydrogens (tertiary/aromatic N) is 2. The van der Waals surface area contributed by atoms with Gasteiger partial charge in [0, 0.05) is 11.1 Å². The molecule has 1 aromatic carbocycles. The Balaban J connectivity index is 2.09. The maximum Gasteiger partial charge on any atom is 0.101 e. The lowest BCUT2D eigenvalue weighted by Crippen LogP contribution is -2.23. The topological polar surface area (TPSA) is 39.1 Å². The summed E-state index contributed by atoms with van der Waals surface area (Å²) in [7, 11) is 2.16. The van der Waals surface area contributed by atoms with Crippen molar-refractivity contribution in [3.05, 3.63) is 28.8 Å². The molecule has 1 saturated heterocycles. The van der Waals surface area contributed by atoms with Gasteiger partial charge in [0.15, 0.2) is 0 Å². The fourth-order valence-electron chi connectivity index (χ4n) is 2.34. The second-order valence-corrected chi connectivity index (χ2v) is 5.31. The van der Waals surface area contributed by atoms with Crippen LogP contribution >= 0.6 is 11.6 Å². The average molecular weight is 264 g/mol. The quantitative estimate of drug-likeness (QED) is 0.891. The maximum absolute atomic E-state index is 9.10. The molecule has 0 saturated carbocycles. The van der Waals surface area contributed by atoms with Crippen molar-refractivity contribution in [2.75, 3.05) is 25.5 Å². The Morgan fingerprint density at radius 1 is 1.39 bits per heavy atom. The molecule has 0 bridgehead atoms. The Labute approximate surface area is 113 Å². The van der Waals surface area contributed by atoms with E-state index < -0.39 is 0 Å². The van der Waals surface area contributed by atoms with E-state index in [1.54, 1.807) is 12.1 Å². The van der Waals surface area contributed by atoms with Gasteiger partial charge in [-0.2, -0.15) is 5.26 Å². The van der Waals surface area contributed by atoms with Crippen LogP contribution in [-0.2, 0) is 0 Å². The lowest BCUT2D eigenvalue weighted by atomic mass is 10.1. The minimum Gasteiger partial charge on any atom is -0.381 e. The van der Waals surface area contributed by atoms with Crippen LogP contribution in [0.1, 0.15) is 24.8 Å². The third kappa shape index (κ3) is 3.38. The molecule has 1 heterocycles. The molecule has 0 radical (unpaired) electrons. The first kappa shape index (κ1) is 13.2. The van der Waals surface area contributed by atoms with Gasteiger partial charge in [-0.3, -0.25) is 0 Å². The first-order valence-corrected chi connectivity index (χ1v) is 6.71. The fourth-order valence-corrected chi connectivity index (χ4v) is 2.51. The number of anilines is 1. The number of hydrogen-bond donors (Lipinski definition) is 1. The summed E-state index contributed by atoms with van der Waals surface area (Å²) in [6.07, 6.45) is 3.44. The summed E-state index contributed by atoms with van der Waals surface area (Å²) in [6, 6.07) is 8.01. The van der Waals surface area contributed by atoms with Crippen LogP contribution in [0.4, 0.5) is 5.69 Å². The van der Waals surface area contributed by atoms with Crippen molar-refractivity contribution in [1.82, 2.24) is 4.90 Å². The number of likely N-dealkylation sites (tertiary alicyclic amines) is 1. The van der Waals surface area contributed by atoms with Crippen molar-refractivity contribution in [2.45, 2.75) is 25.3 Å². The molecule has 3 nitrogen and oxygen atoms in total. The van der Waals surface area contributed by atoms with Gasteiger partial charge in [-0.05, 0) is 57.6 Å². The predicted octanol–water partition coefficient (Wildman–Crippen LogP) is 3.11. The Hall–Kier alpha value is -1.24. The third-order valence-electron chi connectivity index (χ3n) is 3.41. The van der Waals surface area contributed by atoms with Gasteiger partial charge in [0.2, 0.25) is 0 Å². The van der Waals surface area contributed by atoms with Crippen LogP contribution in [-0.4, -0.2) is 31.1 Å². The van der Waals surface area contributed by atoms with Crippen molar-refractivity contribution < 1.29 is 0 Å². The number of rotatable bonds is 2. The van der Waals surface area contributed by atoms with Gasteiger partial charge in [0.05, 0.1) is 11.3 Å². The Bertz CT molecular complexity index is 453. The van der Waals surface area contributed by atoms with Crippen LogP contribution in [0.5, 0.6) is 0 Å². The van der Waals surface area contributed by atoms with Crippen molar-refractivity contribution in [3.8, 4) is 6.07 Å². The van der Waals surface area contributed by atoms with E-state index in [9.17, 15) is 0 Å². The van der Waals surface area contributed by atoms with Gasteiger partial charge in [-0.15, -0.1) is 0 Å². The van der Waals surface area contributed by atoms with E-state index in [0.29, 0.717) is 16.6 Å². The van der Waals surface area contributed by atoms with Crippen LogP contribution in [0.25, 0.3) is 0 Å². The van der Waals surface area contributed by atoms with Crippen molar-refractivity contribution in [2.24, 2.45) is 0 Å². The van der Waals surface area contributed by atoms with E-state index in [-0.39, 0.29) is 0 Å². The molecule has 1 fully saturated rings. The molecule has 18 heavy (non-hydrogen) atoms. The Morgan fingerprint density at radius 2 is 2.22 bits per heavy atom. The van der Waals surface area contributed by atoms with Crippen LogP contribution < -0.4 is 5.32 Å². The second-order valence-electron chi connectivity index (χ2n) is 4.88. The van der Waals surface area contributed by atoms with Crippen molar-refractivity contribution >= 4 is 17.3 Å². The van der Waals surface area contributed by atoms with Gasteiger partial charge >= 0.3 is 0 Å². The zero-order valence-electron chi connectivity index (χ0n) is 10.6. The molecule has 1 aliphatic heterocycles. The standard InChI is InChI=1S/C14H18ClN3/c1-18-7-2-3-13(6-8-18)17-14-9-12(15)5-4-11(14)10-16/h4-5,9,13,17H,2-3,6-8H2,1H3. The molecule has 4 heteroatoms. The number of benzene rings is 1. The summed E-state index contributed by atoms with van der Waals surface area (Å²) in [5.41, 5.74) is 1.52. The first-order valence-electron chi connectivity index (χ1n) is 6.34. The molecule has 1 aliphatic rings. The van der Waals surface area contributed by atoms with Gasteiger partial charge in [0.25, 0.3) is 0 Å². The molecule has 2 rings (SSSR count). The highest BCUT2D eigenvalue weighted by Crippen LogP contribution is 2.23. The third-order valence-corrected chi connectivity index (χ3v) is 3.65. The van der Waals surface area contributed by atoms with Gasteiger partial charge in [-0.25, -0.2) is 0 Å². The Kier molecular flexibility index (Phi) is 4.46. The molecule has 0 amide bonds. The summed E-state index contributed by atoms with van der Waals surface area (Å²) in [5, 5.41) is 13.2. The molecule has 0 spiro atoms. The highest BCUT2D eigenvalue weighted by atomic mass is 35.5. The van der Waals surface area contributed by atoms with Gasteiger partial charge < -0.3 is 10.2 Å². The molecule has 1 aromatic rings. The number of nitrogens with one attached hydrogen (secondary N) is 1. The van der Waals surface area contributed by atoms with Crippen LogP contribution in [0.3, 0.4) is 0 Å². The van der Waals surface area contributed by atoms with E-state index in [1.807, 2.05) is 6.07 Å². The molecular formula is C14H18ClN3. The Morgan fingerprint density at radius 3 is 3.00 bits per heavy atom. The normalized spacial score (nSPS) is 21.1. The highest BCUT2D eigenvalue weighted by molar-refractivity contribution is 6.30. The summed E-state index contributed by atoms with van der Waals surface area (Å²) in [5.74, 6) is 0. The molecule has 0 aliphatic carbocycles. The number of nitriles is 1. The van der Waals surface area contributed by atoms with Gasteiger partial charge in [-0.1, -0.05) is 11.6 Å². The summed E-state index contributed by atoms with van der Waals surface area (Å²) < 4.78 is 0. The van der Waals surface area contributed by atoms with E-state index in [4.69, 9.17) is 16.9 Å². The predicted molar refractivity (Wildman–Crippen MR) is 74.9 cm³/mol. The minimum atomic E-state index is 0.431. The zero-order chi connectivity index (χ0) is 13.0. The molecule has 1 N–H and O–H groups in total. The number of halogens is 1. The van der Waals surface area contributed by atoms with Crippen molar-refractivity contribution in [3.63, 3.8) is 0 Å². The van der Waals surface area contributed by atoms with Crippen LogP contribution in [0, 0.1) is 11.3 Å². The summed E-state index contributed by atoms with van der Waals surface area (Å²) >= 11 is 5.99. The highest BCUT2D eigenvalue weighted by Gasteiger charge is 2.15. The van der Waals surface area contributed by atoms with Crippen LogP contribution in [0.2, 0.25) is 5.02 Å². The lowest BCUT2D eigenvalue weighted by Gasteiger charge is -2.19. The van der Waals surface area contributed by atoms with E-state index in [1.165, 1.54) is 6.42 Å². The molecule has 0 aromatic heterocycles. The minimum absolute atomic E-state index is 0.431. The monoisotopic (exact) mass is 263 g/mol. The average Bonchev–Trinajstić information content (AvgIpc) is 2.55. The molecular weight excluding hydrogens is 246 g/mol. The fraction of sp³-hybridized carbons (Fsp3) is 0.500. The zero-order valence-corrected chi connectivity index (χ0v) is 11.4. The summed E-state index contributed by atoms with van der Waals surface area (Å²) in [4.78, 5) is 2.35. The first-order chi connectivity index (χ1) is 8.69. The molecule has 1 unspecified atom stereocenters. The SMILES string of the molecule is CN1CCCC(Nc2cc(Cl)ccc2C#N)CC1. The summed E-state index contributed by atoms with van der Waals surface area (Å²) in [6.45, 7) is 2.25. The van der Waals surface area contributed by atoms with Gasteiger partial charge in [0.1, 0.15) is 6.07 Å². The van der Waals surface area contributed by atoms with E-state index in [2.05, 4.69) is 23.3 Å². The van der Waals surface area contributed by atoms with Crippen molar-refractivity contribution in [1.29, 1.82) is 5.26 Å². The lowest BCUT2D eigenvalue weighted by molar-refractivity contribution is 0.348. The van der Waals surface area contributed by atoms with Crippen LogP contribution in [0.15, 0.2) is 18.2 Å². The maximum atomic E-state index is 9.10. The smallest absolute Gasteiger partial charge is 0.101 e.